The predicted octanol–water partition coefficient (Wildman–Crippen LogP) is 0.744. The van der Waals surface area contributed by atoms with Crippen molar-refractivity contribution in [2.24, 2.45) is 0 Å². The number of ether oxygens (including phenoxy) is 1. The lowest BCUT2D eigenvalue weighted by atomic mass is 10.00. The summed E-state index contributed by atoms with van der Waals surface area (Å²) in [5.41, 5.74) is 1.87. The van der Waals surface area contributed by atoms with Crippen molar-refractivity contribution in [3.05, 3.63) is 30.0 Å². The molecule has 17 heavy (non-hydrogen) atoms. The van der Waals surface area contributed by atoms with E-state index < -0.39 is 12.0 Å². The molecule has 0 aliphatic carbocycles. The van der Waals surface area contributed by atoms with Gasteiger partial charge in [-0.1, -0.05) is 0 Å². The molecule has 1 amide bonds. The van der Waals surface area contributed by atoms with Crippen molar-refractivity contribution < 1.29 is 14.3 Å². The molecule has 0 saturated carbocycles. The molecule has 0 spiro atoms. The van der Waals surface area contributed by atoms with Crippen LogP contribution >= 0.6 is 0 Å². The summed E-state index contributed by atoms with van der Waals surface area (Å²) in [6.07, 6.45) is 2.81. The Bertz CT molecular complexity index is 603. The number of hydrogen-bond donors (Lipinski definition) is 2. The highest BCUT2D eigenvalue weighted by molar-refractivity contribution is 5.90. The van der Waals surface area contributed by atoms with Crippen LogP contribution in [0.4, 0.5) is 0 Å². The zero-order valence-corrected chi connectivity index (χ0v) is 8.90. The largest absolute Gasteiger partial charge is 0.425 e. The lowest BCUT2D eigenvalue weighted by molar-refractivity contribution is -0.138. The van der Waals surface area contributed by atoms with Gasteiger partial charge in [-0.15, -0.1) is 0 Å². The first-order valence-electron chi connectivity index (χ1n) is 5.30. The van der Waals surface area contributed by atoms with Gasteiger partial charge in [-0.3, -0.25) is 4.79 Å². The molecule has 5 nitrogen and oxygen atoms in total. The number of benzene rings is 1. The van der Waals surface area contributed by atoms with E-state index in [1.54, 1.807) is 6.07 Å². The van der Waals surface area contributed by atoms with Crippen LogP contribution in [0, 0.1) is 0 Å². The number of rotatable bonds is 2. The van der Waals surface area contributed by atoms with Crippen LogP contribution < -0.4 is 10.1 Å². The number of carbonyl (C=O) groups excluding carboxylic acids is 2. The normalized spacial score (nSPS) is 18.6. The van der Waals surface area contributed by atoms with Crippen molar-refractivity contribution in [1.82, 2.24) is 10.3 Å². The van der Waals surface area contributed by atoms with E-state index in [2.05, 4.69) is 10.3 Å². The first-order chi connectivity index (χ1) is 8.29. The van der Waals surface area contributed by atoms with E-state index in [1.165, 1.54) is 0 Å². The Morgan fingerprint density at radius 2 is 2.29 bits per heavy atom. The minimum absolute atomic E-state index is 0.421. The Hall–Kier alpha value is -2.30. The third-order valence-electron chi connectivity index (χ3n) is 2.97. The monoisotopic (exact) mass is 230 g/mol. The number of hydrogen-bond acceptors (Lipinski definition) is 3. The standard InChI is InChI=1S/C12H10N2O3/c15-6-14-9-5-8-10(17-12(9)16)2-1-7-3-4-13-11(7)8/h1-4,6,9,13H,5H2,(H,14,15). The third kappa shape index (κ3) is 1.47. The fourth-order valence-electron chi connectivity index (χ4n) is 2.15. The highest BCUT2D eigenvalue weighted by Crippen LogP contribution is 2.31. The van der Waals surface area contributed by atoms with E-state index in [0.29, 0.717) is 18.6 Å². The van der Waals surface area contributed by atoms with Crippen LogP contribution in [0.2, 0.25) is 0 Å². The van der Waals surface area contributed by atoms with E-state index >= 15 is 0 Å². The maximum Gasteiger partial charge on any atom is 0.334 e. The molecule has 1 aromatic heterocycles. The van der Waals surface area contributed by atoms with Crippen molar-refractivity contribution >= 4 is 23.3 Å². The molecule has 0 radical (unpaired) electrons. The molecule has 1 aromatic carbocycles. The molecular weight excluding hydrogens is 220 g/mol. The van der Waals surface area contributed by atoms with Gasteiger partial charge in [-0.05, 0) is 23.6 Å². The molecule has 2 N–H and O–H groups in total. The van der Waals surface area contributed by atoms with Crippen molar-refractivity contribution in [3.8, 4) is 5.75 Å². The zero-order chi connectivity index (χ0) is 11.8. The van der Waals surface area contributed by atoms with Gasteiger partial charge in [0.25, 0.3) is 0 Å². The van der Waals surface area contributed by atoms with E-state index in [1.807, 2.05) is 18.3 Å². The zero-order valence-electron chi connectivity index (χ0n) is 8.90. The van der Waals surface area contributed by atoms with Crippen molar-refractivity contribution in [2.45, 2.75) is 12.5 Å². The van der Waals surface area contributed by atoms with Gasteiger partial charge in [0.2, 0.25) is 6.41 Å². The Balaban J connectivity index is 2.11. The summed E-state index contributed by atoms with van der Waals surface area (Å²) in [6.45, 7) is 0. The number of nitrogens with one attached hydrogen (secondary N) is 2. The quantitative estimate of drug-likeness (QED) is 0.454. The van der Waals surface area contributed by atoms with Crippen LogP contribution in [-0.4, -0.2) is 23.4 Å². The highest BCUT2D eigenvalue weighted by Gasteiger charge is 2.29. The van der Waals surface area contributed by atoms with Crippen molar-refractivity contribution in [3.63, 3.8) is 0 Å². The molecule has 1 aliphatic rings. The molecule has 2 heterocycles. The topological polar surface area (TPSA) is 71.2 Å². The Morgan fingerprint density at radius 1 is 1.41 bits per heavy atom. The fourth-order valence-corrected chi connectivity index (χ4v) is 2.15. The van der Waals surface area contributed by atoms with Gasteiger partial charge in [-0.2, -0.15) is 0 Å². The van der Waals surface area contributed by atoms with E-state index in [4.69, 9.17) is 4.74 Å². The average molecular weight is 230 g/mol. The molecule has 5 heteroatoms. The second-order valence-electron chi connectivity index (χ2n) is 3.95. The second-order valence-corrected chi connectivity index (χ2v) is 3.95. The third-order valence-corrected chi connectivity index (χ3v) is 2.97. The van der Waals surface area contributed by atoms with Gasteiger partial charge < -0.3 is 15.0 Å². The number of fused-ring (bicyclic) bond motifs is 3. The molecule has 1 atom stereocenters. The smallest absolute Gasteiger partial charge is 0.334 e. The van der Waals surface area contributed by atoms with Gasteiger partial charge in [-0.25, -0.2) is 4.79 Å². The summed E-state index contributed by atoms with van der Waals surface area (Å²) in [4.78, 5) is 25.1. The fraction of sp³-hybridized carbons (Fsp3) is 0.167. The molecule has 2 aromatic rings. The van der Waals surface area contributed by atoms with Gasteiger partial charge >= 0.3 is 5.97 Å². The van der Waals surface area contributed by atoms with Crippen LogP contribution in [-0.2, 0) is 16.0 Å². The van der Waals surface area contributed by atoms with Gasteiger partial charge in [0.05, 0.1) is 5.52 Å². The minimum atomic E-state index is -0.603. The molecule has 3 rings (SSSR count). The summed E-state index contributed by atoms with van der Waals surface area (Å²) >= 11 is 0. The number of amides is 1. The minimum Gasteiger partial charge on any atom is -0.425 e. The Labute approximate surface area is 96.8 Å². The number of aromatic amines is 1. The number of aromatic nitrogens is 1. The Morgan fingerprint density at radius 3 is 3.12 bits per heavy atom. The van der Waals surface area contributed by atoms with E-state index in [0.717, 1.165) is 16.5 Å². The average Bonchev–Trinajstić information content (AvgIpc) is 2.79. The van der Waals surface area contributed by atoms with Crippen LogP contribution in [0.3, 0.4) is 0 Å². The van der Waals surface area contributed by atoms with Crippen molar-refractivity contribution in [1.29, 1.82) is 0 Å². The highest BCUT2D eigenvalue weighted by atomic mass is 16.5. The van der Waals surface area contributed by atoms with E-state index in [-0.39, 0.29) is 0 Å². The number of H-pyrrole nitrogens is 1. The molecule has 0 fully saturated rings. The van der Waals surface area contributed by atoms with E-state index in [9.17, 15) is 9.59 Å². The molecular formula is C12H10N2O3. The number of esters is 1. The lowest BCUT2D eigenvalue weighted by Gasteiger charge is -2.23. The molecule has 0 saturated heterocycles. The summed E-state index contributed by atoms with van der Waals surface area (Å²) in [5, 5.41) is 3.52. The molecule has 1 unspecified atom stereocenters. The number of carbonyl (C=O) groups is 2. The summed E-state index contributed by atoms with van der Waals surface area (Å²) in [6, 6.07) is 5.02. The Kier molecular flexibility index (Phi) is 2.11. The van der Waals surface area contributed by atoms with Crippen LogP contribution in [0.5, 0.6) is 5.75 Å². The molecule has 1 aliphatic heterocycles. The van der Waals surface area contributed by atoms with Crippen LogP contribution in [0.25, 0.3) is 10.9 Å². The maximum atomic E-state index is 11.6. The SMILES string of the molecule is O=CNC1Cc2c(ccc3cc[nH]c23)OC1=O. The molecule has 86 valence electrons. The summed E-state index contributed by atoms with van der Waals surface area (Å²) < 4.78 is 5.19. The van der Waals surface area contributed by atoms with Gasteiger partial charge in [0, 0.05) is 18.2 Å². The maximum absolute atomic E-state index is 11.6. The molecule has 0 bridgehead atoms. The summed E-state index contributed by atoms with van der Waals surface area (Å²) in [7, 11) is 0. The lowest BCUT2D eigenvalue weighted by Crippen LogP contribution is -2.43. The predicted molar refractivity (Wildman–Crippen MR) is 60.6 cm³/mol. The van der Waals surface area contributed by atoms with Gasteiger partial charge in [0.1, 0.15) is 11.8 Å². The first-order valence-corrected chi connectivity index (χ1v) is 5.30. The van der Waals surface area contributed by atoms with Crippen LogP contribution in [0.1, 0.15) is 5.56 Å². The first kappa shape index (κ1) is 9.89. The van der Waals surface area contributed by atoms with Crippen LogP contribution in [0.15, 0.2) is 24.4 Å². The second kappa shape index (κ2) is 3.62. The summed E-state index contributed by atoms with van der Waals surface area (Å²) in [5.74, 6) is 0.143. The van der Waals surface area contributed by atoms with Crippen molar-refractivity contribution in [2.75, 3.05) is 0 Å². The van der Waals surface area contributed by atoms with Gasteiger partial charge in [0.15, 0.2) is 0 Å².